The van der Waals surface area contributed by atoms with Gasteiger partial charge in [-0.15, -0.1) is 12.4 Å². The third-order valence-corrected chi connectivity index (χ3v) is 4.17. The normalized spacial score (nSPS) is 18.0. The van der Waals surface area contributed by atoms with Crippen LogP contribution in [0, 0.1) is 10.1 Å². The fraction of sp³-hybridized carbons (Fsp3) is 0.462. The lowest BCUT2D eigenvalue weighted by atomic mass is 10.0. The Hall–Kier alpha value is -1.18. The van der Waals surface area contributed by atoms with Gasteiger partial charge in [-0.25, -0.2) is 0 Å². The SMILES string of the molecule is CNC1CCCN(C(=O)c2ccc([N+](=O)[O-])cc2Br)C1.Cl. The van der Waals surface area contributed by atoms with Crippen LogP contribution in [0.15, 0.2) is 22.7 Å². The van der Waals surface area contributed by atoms with Crippen molar-refractivity contribution in [2.24, 2.45) is 0 Å². The number of nitrogens with zero attached hydrogens (tertiary/aromatic N) is 2. The van der Waals surface area contributed by atoms with Crippen molar-refractivity contribution in [3.63, 3.8) is 0 Å². The van der Waals surface area contributed by atoms with Crippen molar-refractivity contribution in [2.75, 3.05) is 20.1 Å². The molecular formula is C13H17BrClN3O3. The van der Waals surface area contributed by atoms with E-state index in [2.05, 4.69) is 21.2 Å². The van der Waals surface area contributed by atoms with Crippen LogP contribution in [0.4, 0.5) is 5.69 Å². The van der Waals surface area contributed by atoms with Gasteiger partial charge in [0.05, 0.1) is 10.5 Å². The second-order valence-electron chi connectivity index (χ2n) is 4.80. The molecule has 1 atom stereocenters. The molecule has 1 saturated heterocycles. The fourth-order valence-corrected chi connectivity index (χ4v) is 2.89. The molecule has 2 rings (SSSR count). The Kier molecular flexibility index (Phi) is 6.57. The highest BCUT2D eigenvalue weighted by molar-refractivity contribution is 9.10. The first-order valence-electron chi connectivity index (χ1n) is 6.43. The number of halogens is 2. The number of carbonyl (C=O) groups is 1. The molecule has 1 aliphatic rings. The number of piperidine rings is 1. The first-order chi connectivity index (χ1) is 9.52. The van der Waals surface area contributed by atoms with Crippen molar-refractivity contribution in [3.8, 4) is 0 Å². The van der Waals surface area contributed by atoms with Gasteiger partial charge in [-0.2, -0.15) is 0 Å². The van der Waals surface area contributed by atoms with Gasteiger partial charge < -0.3 is 10.2 Å². The molecule has 1 unspecified atom stereocenters. The van der Waals surface area contributed by atoms with Crippen molar-refractivity contribution < 1.29 is 9.72 Å². The molecule has 8 heteroatoms. The molecule has 0 aliphatic carbocycles. The Bertz CT molecular complexity index is 541. The molecule has 1 heterocycles. The van der Waals surface area contributed by atoms with Gasteiger partial charge in [0.2, 0.25) is 0 Å². The van der Waals surface area contributed by atoms with Crippen LogP contribution in [0.5, 0.6) is 0 Å². The number of hydrogen-bond acceptors (Lipinski definition) is 4. The number of carbonyl (C=O) groups excluding carboxylic acids is 1. The number of non-ortho nitro benzene ring substituents is 1. The maximum atomic E-state index is 12.5. The number of likely N-dealkylation sites (N-methyl/N-ethyl adjacent to an activating group) is 1. The summed E-state index contributed by atoms with van der Waals surface area (Å²) in [6, 6.07) is 4.54. The fourth-order valence-electron chi connectivity index (χ4n) is 2.36. The largest absolute Gasteiger partial charge is 0.337 e. The van der Waals surface area contributed by atoms with Crippen LogP contribution in [0.25, 0.3) is 0 Å². The summed E-state index contributed by atoms with van der Waals surface area (Å²) in [4.78, 5) is 24.5. The number of benzene rings is 1. The summed E-state index contributed by atoms with van der Waals surface area (Å²) in [6.45, 7) is 1.39. The van der Waals surface area contributed by atoms with Crippen LogP contribution in [0.1, 0.15) is 23.2 Å². The van der Waals surface area contributed by atoms with E-state index in [1.54, 1.807) is 4.90 Å². The number of nitro groups is 1. The molecule has 0 saturated carbocycles. The van der Waals surface area contributed by atoms with Gasteiger partial charge in [-0.1, -0.05) is 0 Å². The monoisotopic (exact) mass is 377 g/mol. The van der Waals surface area contributed by atoms with Gasteiger partial charge in [-0.3, -0.25) is 14.9 Å². The highest BCUT2D eigenvalue weighted by Crippen LogP contribution is 2.25. The zero-order chi connectivity index (χ0) is 14.7. The molecule has 1 aliphatic heterocycles. The molecule has 0 bridgehead atoms. The molecule has 1 N–H and O–H groups in total. The summed E-state index contributed by atoms with van der Waals surface area (Å²) < 4.78 is 0.461. The molecule has 6 nitrogen and oxygen atoms in total. The van der Waals surface area contributed by atoms with Crippen LogP contribution in [0.2, 0.25) is 0 Å². The van der Waals surface area contributed by atoms with Crippen LogP contribution < -0.4 is 5.32 Å². The van der Waals surface area contributed by atoms with E-state index >= 15 is 0 Å². The third-order valence-electron chi connectivity index (χ3n) is 3.51. The summed E-state index contributed by atoms with van der Waals surface area (Å²) in [7, 11) is 1.89. The van der Waals surface area contributed by atoms with E-state index in [0.717, 1.165) is 19.4 Å². The minimum Gasteiger partial charge on any atom is -0.337 e. The van der Waals surface area contributed by atoms with Crippen molar-refractivity contribution in [2.45, 2.75) is 18.9 Å². The zero-order valence-electron chi connectivity index (χ0n) is 11.5. The van der Waals surface area contributed by atoms with Gasteiger partial charge in [0.25, 0.3) is 11.6 Å². The average Bonchev–Trinajstić information content (AvgIpc) is 2.46. The Balaban J connectivity index is 0.00000220. The van der Waals surface area contributed by atoms with Crippen molar-refractivity contribution in [3.05, 3.63) is 38.3 Å². The molecule has 116 valence electrons. The van der Waals surface area contributed by atoms with Crippen LogP contribution in [-0.2, 0) is 0 Å². The molecule has 1 aromatic carbocycles. The van der Waals surface area contributed by atoms with Gasteiger partial charge in [0, 0.05) is 35.7 Å². The van der Waals surface area contributed by atoms with E-state index in [4.69, 9.17) is 0 Å². The van der Waals surface area contributed by atoms with Gasteiger partial charge in [0.1, 0.15) is 0 Å². The lowest BCUT2D eigenvalue weighted by Crippen LogP contribution is -2.47. The van der Waals surface area contributed by atoms with Crippen molar-refractivity contribution in [1.29, 1.82) is 0 Å². The number of nitro benzene ring substituents is 1. The Morgan fingerprint density at radius 3 is 2.81 bits per heavy atom. The summed E-state index contributed by atoms with van der Waals surface area (Å²) >= 11 is 3.25. The second-order valence-corrected chi connectivity index (χ2v) is 5.65. The lowest BCUT2D eigenvalue weighted by Gasteiger charge is -2.32. The van der Waals surface area contributed by atoms with Crippen molar-refractivity contribution in [1.82, 2.24) is 10.2 Å². The number of likely N-dealkylation sites (tertiary alicyclic amines) is 1. The summed E-state index contributed by atoms with van der Waals surface area (Å²) in [5.74, 6) is -0.0910. The van der Waals surface area contributed by atoms with E-state index in [1.807, 2.05) is 7.05 Å². The van der Waals surface area contributed by atoms with E-state index in [0.29, 0.717) is 22.6 Å². The number of amides is 1. The van der Waals surface area contributed by atoms with Crippen molar-refractivity contribution >= 4 is 39.9 Å². The van der Waals surface area contributed by atoms with E-state index in [9.17, 15) is 14.9 Å². The third kappa shape index (κ3) is 4.15. The molecule has 0 aromatic heterocycles. The first kappa shape index (κ1) is 17.9. The maximum absolute atomic E-state index is 12.5. The van der Waals surface area contributed by atoms with Gasteiger partial charge in [0.15, 0.2) is 0 Å². The Morgan fingerprint density at radius 1 is 1.52 bits per heavy atom. The van der Waals surface area contributed by atoms with E-state index in [-0.39, 0.29) is 24.0 Å². The van der Waals surface area contributed by atoms with Crippen LogP contribution in [-0.4, -0.2) is 41.9 Å². The predicted octanol–water partition coefficient (Wildman–Crippen LogP) is 2.60. The molecular weight excluding hydrogens is 362 g/mol. The Morgan fingerprint density at radius 2 is 2.24 bits per heavy atom. The number of hydrogen-bond donors (Lipinski definition) is 1. The van der Waals surface area contributed by atoms with Gasteiger partial charge >= 0.3 is 0 Å². The number of rotatable bonds is 3. The van der Waals surface area contributed by atoms with Gasteiger partial charge in [-0.05, 0) is 41.9 Å². The highest BCUT2D eigenvalue weighted by Gasteiger charge is 2.25. The number of nitrogens with one attached hydrogen (secondary N) is 1. The van der Waals surface area contributed by atoms with Crippen LogP contribution >= 0.6 is 28.3 Å². The topological polar surface area (TPSA) is 75.5 Å². The summed E-state index contributed by atoms with van der Waals surface area (Å²) in [5.41, 5.74) is 0.438. The average molecular weight is 379 g/mol. The minimum atomic E-state index is -0.475. The Labute approximate surface area is 137 Å². The standard InChI is InChI=1S/C13H16BrN3O3.ClH/c1-15-9-3-2-6-16(8-9)13(18)11-5-4-10(17(19)20)7-12(11)14;/h4-5,7,9,15H,2-3,6,8H2,1H3;1H. The lowest BCUT2D eigenvalue weighted by molar-refractivity contribution is -0.384. The minimum absolute atomic E-state index is 0. The summed E-state index contributed by atoms with van der Waals surface area (Å²) in [5, 5.41) is 13.9. The highest BCUT2D eigenvalue weighted by atomic mass is 79.9. The quantitative estimate of drug-likeness (QED) is 0.648. The first-order valence-corrected chi connectivity index (χ1v) is 7.22. The second kappa shape index (κ2) is 7.72. The van der Waals surface area contributed by atoms with Crippen LogP contribution in [0.3, 0.4) is 0 Å². The molecule has 21 heavy (non-hydrogen) atoms. The van der Waals surface area contributed by atoms with E-state index in [1.165, 1.54) is 18.2 Å². The molecule has 1 aromatic rings. The zero-order valence-corrected chi connectivity index (χ0v) is 13.9. The van der Waals surface area contributed by atoms with E-state index < -0.39 is 4.92 Å². The maximum Gasteiger partial charge on any atom is 0.270 e. The smallest absolute Gasteiger partial charge is 0.270 e. The molecule has 0 radical (unpaired) electrons. The predicted molar refractivity (Wildman–Crippen MR) is 86.0 cm³/mol. The summed E-state index contributed by atoms with van der Waals surface area (Å²) in [6.07, 6.45) is 2.02. The molecule has 1 fully saturated rings. The molecule has 0 spiro atoms. The molecule has 1 amide bonds.